The molecule has 0 unspecified atom stereocenters. The normalized spacial score (nSPS) is 17.3. The lowest BCUT2D eigenvalue weighted by molar-refractivity contribution is -0.113. The Labute approximate surface area is 160 Å². The van der Waals surface area contributed by atoms with Gasteiger partial charge in [-0.2, -0.15) is 0 Å². The van der Waals surface area contributed by atoms with Crippen molar-refractivity contribution in [3.05, 3.63) is 52.4 Å². The van der Waals surface area contributed by atoms with Crippen molar-refractivity contribution in [2.24, 2.45) is 0 Å². The Morgan fingerprint density at radius 3 is 2.73 bits per heavy atom. The second-order valence-electron chi connectivity index (χ2n) is 5.81. The predicted molar refractivity (Wildman–Crippen MR) is 106 cm³/mol. The van der Waals surface area contributed by atoms with Crippen LogP contribution in [0.3, 0.4) is 0 Å². The number of fused-ring (bicyclic) bond motifs is 1. The zero-order valence-corrected chi connectivity index (χ0v) is 15.8. The molecular weight excluding hydrogens is 370 g/mol. The highest BCUT2D eigenvalue weighted by Gasteiger charge is 2.33. The SMILES string of the molecule is COc1cc(/C=C2\SC(=S)N(c3ccc(C)cc3)C2=O)cc2c1OCO2. The van der Waals surface area contributed by atoms with Crippen LogP contribution in [-0.4, -0.2) is 24.1 Å². The second-order valence-corrected chi connectivity index (χ2v) is 7.49. The van der Waals surface area contributed by atoms with Crippen LogP contribution in [-0.2, 0) is 4.79 Å². The first kappa shape index (κ1) is 16.9. The van der Waals surface area contributed by atoms with Gasteiger partial charge in [-0.3, -0.25) is 9.69 Å². The minimum atomic E-state index is -0.138. The highest BCUT2D eigenvalue weighted by Crippen LogP contribution is 2.43. The van der Waals surface area contributed by atoms with Gasteiger partial charge in [0.25, 0.3) is 5.91 Å². The van der Waals surface area contributed by atoms with E-state index in [2.05, 4.69) is 0 Å². The molecule has 2 aliphatic heterocycles. The fraction of sp³-hybridized carbons (Fsp3) is 0.158. The molecule has 1 fully saturated rings. The van der Waals surface area contributed by atoms with Crippen molar-refractivity contribution < 1.29 is 19.0 Å². The molecule has 1 amide bonds. The number of ether oxygens (including phenoxy) is 3. The molecule has 2 heterocycles. The van der Waals surface area contributed by atoms with Crippen molar-refractivity contribution in [3.8, 4) is 17.2 Å². The summed E-state index contributed by atoms with van der Waals surface area (Å²) in [5.74, 6) is 1.61. The van der Waals surface area contributed by atoms with Gasteiger partial charge >= 0.3 is 0 Å². The molecule has 0 N–H and O–H groups in total. The Kier molecular flexibility index (Phi) is 4.34. The van der Waals surface area contributed by atoms with Crippen LogP contribution in [0.25, 0.3) is 6.08 Å². The Bertz CT molecular complexity index is 937. The number of hydrogen-bond acceptors (Lipinski definition) is 6. The molecule has 0 saturated carbocycles. The summed E-state index contributed by atoms with van der Waals surface area (Å²) in [7, 11) is 1.57. The maximum Gasteiger partial charge on any atom is 0.270 e. The Hall–Kier alpha value is -2.51. The van der Waals surface area contributed by atoms with E-state index in [0.717, 1.165) is 16.8 Å². The molecular formula is C19H15NO4S2. The molecule has 2 aromatic carbocycles. The summed E-state index contributed by atoms with van der Waals surface area (Å²) in [5, 5.41) is 0. The van der Waals surface area contributed by atoms with Crippen LogP contribution in [0.15, 0.2) is 41.3 Å². The summed E-state index contributed by atoms with van der Waals surface area (Å²) in [6.07, 6.45) is 1.79. The third-order valence-electron chi connectivity index (χ3n) is 4.06. The zero-order chi connectivity index (χ0) is 18.3. The zero-order valence-electron chi connectivity index (χ0n) is 14.1. The number of rotatable bonds is 3. The number of anilines is 1. The molecule has 5 nitrogen and oxygen atoms in total. The van der Waals surface area contributed by atoms with Crippen LogP contribution >= 0.6 is 24.0 Å². The third kappa shape index (κ3) is 2.93. The Morgan fingerprint density at radius 2 is 2.00 bits per heavy atom. The van der Waals surface area contributed by atoms with Crippen molar-refractivity contribution >= 4 is 46.0 Å². The number of nitrogens with zero attached hydrogens (tertiary/aromatic N) is 1. The van der Waals surface area contributed by atoms with Gasteiger partial charge in [-0.05, 0) is 42.8 Å². The van der Waals surface area contributed by atoms with Gasteiger partial charge in [0.15, 0.2) is 15.8 Å². The van der Waals surface area contributed by atoms with Gasteiger partial charge in [-0.25, -0.2) is 0 Å². The van der Waals surface area contributed by atoms with Crippen LogP contribution in [0, 0.1) is 6.92 Å². The average molecular weight is 385 g/mol. The van der Waals surface area contributed by atoms with Gasteiger partial charge in [0.2, 0.25) is 12.5 Å². The quantitative estimate of drug-likeness (QED) is 0.585. The molecule has 0 radical (unpaired) electrons. The first-order chi connectivity index (χ1) is 12.6. The van der Waals surface area contributed by atoms with E-state index < -0.39 is 0 Å². The van der Waals surface area contributed by atoms with Crippen LogP contribution in [0.1, 0.15) is 11.1 Å². The average Bonchev–Trinajstić information content (AvgIpc) is 3.20. The number of aryl methyl sites for hydroxylation is 1. The largest absolute Gasteiger partial charge is 0.493 e. The molecule has 132 valence electrons. The van der Waals surface area contributed by atoms with Gasteiger partial charge < -0.3 is 14.2 Å². The lowest BCUT2D eigenvalue weighted by Crippen LogP contribution is -2.27. The maximum atomic E-state index is 12.9. The number of thiocarbonyl (C=S) groups is 1. The van der Waals surface area contributed by atoms with Crippen molar-refractivity contribution in [1.29, 1.82) is 0 Å². The van der Waals surface area contributed by atoms with Crippen molar-refractivity contribution in [2.75, 3.05) is 18.8 Å². The summed E-state index contributed by atoms with van der Waals surface area (Å²) in [6, 6.07) is 11.3. The van der Waals surface area contributed by atoms with E-state index in [1.807, 2.05) is 43.3 Å². The minimum absolute atomic E-state index is 0.138. The smallest absolute Gasteiger partial charge is 0.270 e. The van der Waals surface area contributed by atoms with Crippen LogP contribution in [0.5, 0.6) is 17.2 Å². The standard InChI is InChI=1S/C19H15NO4S2/c1-11-3-5-13(6-4-11)20-18(21)16(26-19(20)25)9-12-7-14(22-2)17-15(8-12)23-10-24-17/h3-9H,10H2,1-2H3/b16-9-. The Balaban J connectivity index is 1.68. The van der Waals surface area contributed by atoms with Crippen molar-refractivity contribution in [2.45, 2.75) is 6.92 Å². The summed E-state index contributed by atoms with van der Waals surface area (Å²) in [5.41, 5.74) is 2.68. The molecule has 4 rings (SSSR count). The molecule has 0 spiro atoms. The lowest BCUT2D eigenvalue weighted by atomic mass is 10.1. The van der Waals surface area contributed by atoms with E-state index in [-0.39, 0.29) is 12.7 Å². The monoisotopic (exact) mass is 385 g/mol. The molecule has 26 heavy (non-hydrogen) atoms. The predicted octanol–water partition coefficient (Wildman–Crippen LogP) is 4.14. The summed E-state index contributed by atoms with van der Waals surface area (Å²) < 4.78 is 16.7. The topological polar surface area (TPSA) is 48.0 Å². The number of carbonyl (C=O) groups is 1. The first-order valence-electron chi connectivity index (χ1n) is 7.89. The molecule has 7 heteroatoms. The Morgan fingerprint density at radius 1 is 1.23 bits per heavy atom. The summed E-state index contributed by atoms with van der Waals surface area (Å²) in [6.45, 7) is 2.16. The van der Waals surface area contributed by atoms with Crippen molar-refractivity contribution in [3.63, 3.8) is 0 Å². The van der Waals surface area contributed by atoms with Crippen LogP contribution < -0.4 is 19.1 Å². The van der Waals surface area contributed by atoms with Crippen molar-refractivity contribution in [1.82, 2.24) is 0 Å². The number of hydrogen-bond donors (Lipinski definition) is 0. The maximum absolute atomic E-state index is 12.9. The highest BCUT2D eigenvalue weighted by molar-refractivity contribution is 8.27. The fourth-order valence-electron chi connectivity index (χ4n) is 2.77. The van der Waals surface area contributed by atoms with Gasteiger partial charge in [-0.1, -0.05) is 41.7 Å². The molecule has 1 saturated heterocycles. The van der Waals surface area contributed by atoms with Gasteiger partial charge in [0, 0.05) is 0 Å². The molecule has 0 atom stereocenters. The fourth-order valence-corrected chi connectivity index (χ4v) is 4.07. The van der Waals surface area contributed by atoms with Gasteiger partial charge in [0.05, 0.1) is 17.7 Å². The number of carbonyl (C=O) groups excluding carboxylic acids is 1. The molecule has 2 aliphatic rings. The molecule has 2 aromatic rings. The van der Waals surface area contributed by atoms with Crippen LogP contribution in [0.4, 0.5) is 5.69 Å². The van der Waals surface area contributed by atoms with E-state index in [9.17, 15) is 4.79 Å². The minimum Gasteiger partial charge on any atom is -0.493 e. The van der Waals surface area contributed by atoms with E-state index in [1.165, 1.54) is 11.8 Å². The van der Waals surface area contributed by atoms with E-state index >= 15 is 0 Å². The molecule has 0 bridgehead atoms. The van der Waals surface area contributed by atoms with E-state index in [4.69, 9.17) is 26.4 Å². The van der Waals surface area contributed by atoms with E-state index in [0.29, 0.717) is 26.5 Å². The number of thioether (sulfide) groups is 1. The molecule has 0 aliphatic carbocycles. The first-order valence-corrected chi connectivity index (χ1v) is 9.11. The number of methoxy groups -OCH3 is 1. The lowest BCUT2D eigenvalue weighted by Gasteiger charge is -2.14. The summed E-state index contributed by atoms with van der Waals surface area (Å²) in [4.78, 5) is 15.0. The van der Waals surface area contributed by atoms with Crippen LogP contribution in [0.2, 0.25) is 0 Å². The highest BCUT2D eigenvalue weighted by atomic mass is 32.2. The summed E-state index contributed by atoms with van der Waals surface area (Å²) >= 11 is 6.69. The number of amides is 1. The third-order valence-corrected chi connectivity index (χ3v) is 5.37. The van der Waals surface area contributed by atoms with E-state index in [1.54, 1.807) is 18.1 Å². The second kappa shape index (κ2) is 6.66. The van der Waals surface area contributed by atoms with Gasteiger partial charge in [0.1, 0.15) is 0 Å². The molecule has 0 aromatic heterocycles. The van der Waals surface area contributed by atoms with Gasteiger partial charge in [-0.15, -0.1) is 0 Å². The number of benzene rings is 2.